The van der Waals surface area contributed by atoms with E-state index in [9.17, 15) is 9.59 Å². The summed E-state index contributed by atoms with van der Waals surface area (Å²) in [5.74, 6) is 0.273. The van der Waals surface area contributed by atoms with Gasteiger partial charge in [0.2, 0.25) is 6.79 Å². The normalized spacial score (nSPS) is 12.7. The molecule has 1 unspecified atom stereocenters. The zero-order valence-corrected chi connectivity index (χ0v) is 15.2. The number of aromatic nitrogens is 1. The average Bonchev–Trinajstić information content (AvgIpc) is 3.25. The zero-order chi connectivity index (χ0) is 20.2. The number of ether oxygens (including phenoxy) is 2. The first-order valence-electron chi connectivity index (χ1n) is 8.81. The molecule has 0 bridgehead atoms. The van der Waals surface area contributed by atoms with Crippen LogP contribution in [0.4, 0.5) is 0 Å². The summed E-state index contributed by atoms with van der Waals surface area (Å²) >= 11 is 0. The Bertz CT molecular complexity index is 1110. The Balaban J connectivity index is 1.64. The zero-order valence-electron chi connectivity index (χ0n) is 15.2. The first kappa shape index (κ1) is 18.2. The molecule has 0 aliphatic carbocycles. The first-order valence-corrected chi connectivity index (χ1v) is 8.81. The molecule has 0 fully saturated rings. The van der Waals surface area contributed by atoms with Crippen molar-refractivity contribution in [2.24, 2.45) is 0 Å². The standard InChI is InChI=1S/C22H15N3O4/c23-12-14-4-6-15(7-5-14)22(27)25-20(17-3-1-2-10-24-17)21(26)16-8-9-18-19(11-16)29-13-28-18/h1-11,20H,13H2,(H,25,27). The molecule has 1 aliphatic heterocycles. The van der Waals surface area contributed by atoms with Gasteiger partial charge in [-0.15, -0.1) is 0 Å². The van der Waals surface area contributed by atoms with Crippen LogP contribution in [0.5, 0.6) is 11.5 Å². The third kappa shape index (κ3) is 3.77. The number of nitrogens with zero attached hydrogens (tertiary/aromatic N) is 2. The van der Waals surface area contributed by atoms with E-state index < -0.39 is 11.9 Å². The molecule has 142 valence electrons. The Kier molecular flexibility index (Phi) is 4.91. The van der Waals surface area contributed by atoms with Gasteiger partial charge in [0.15, 0.2) is 17.3 Å². The van der Waals surface area contributed by atoms with Crippen molar-refractivity contribution in [3.05, 3.63) is 89.2 Å². The predicted molar refractivity (Wildman–Crippen MR) is 102 cm³/mol. The summed E-state index contributed by atoms with van der Waals surface area (Å²) in [4.78, 5) is 30.2. The lowest BCUT2D eigenvalue weighted by atomic mass is 10.00. The molecule has 4 rings (SSSR count). The lowest BCUT2D eigenvalue weighted by Gasteiger charge is -2.17. The number of carbonyl (C=O) groups excluding carboxylic acids is 2. The minimum Gasteiger partial charge on any atom is -0.454 e. The lowest BCUT2D eigenvalue weighted by Crippen LogP contribution is -2.34. The van der Waals surface area contributed by atoms with Gasteiger partial charge in [0.1, 0.15) is 6.04 Å². The number of ketones is 1. The SMILES string of the molecule is N#Cc1ccc(C(=O)NC(C(=O)c2ccc3c(c2)OCO3)c2ccccn2)cc1. The topological polar surface area (TPSA) is 101 Å². The monoisotopic (exact) mass is 385 g/mol. The minimum absolute atomic E-state index is 0.103. The Morgan fingerprint density at radius 1 is 1.00 bits per heavy atom. The molecule has 0 saturated heterocycles. The van der Waals surface area contributed by atoms with Crippen LogP contribution in [0.3, 0.4) is 0 Å². The number of fused-ring (bicyclic) bond motifs is 1. The summed E-state index contributed by atoms with van der Waals surface area (Å²) < 4.78 is 10.6. The van der Waals surface area contributed by atoms with Gasteiger partial charge >= 0.3 is 0 Å². The molecule has 1 amide bonds. The fourth-order valence-electron chi connectivity index (χ4n) is 2.95. The molecule has 7 heteroatoms. The van der Waals surface area contributed by atoms with Crippen LogP contribution in [0.25, 0.3) is 0 Å². The van der Waals surface area contributed by atoms with E-state index >= 15 is 0 Å². The highest BCUT2D eigenvalue weighted by molar-refractivity contribution is 6.05. The van der Waals surface area contributed by atoms with Crippen molar-refractivity contribution < 1.29 is 19.1 Å². The van der Waals surface area contributed by atoms with Crippen LogP contribution in [0, 0.1) is 11.3 Å². The number of hydrogen-bond donors (Lipinski definition) is 1. The highest BCUT2D eigenvalue weighted by atomic mass is 16.7. The van der Waals surface area contributed by atoms with Crippen molar-refractivity contribution >= 4 is 11.7 Å². The average molecular weight is 385 g/mol. The van der Waals surface area contributed by atoms with Crippen molar-refractivity contribution in [2.75, 3.05) is 6.79 Å². The van der Waals surface area contributed by atoms with E-state index in [0.717, 1.165) is 0 Å². The second kappa shape index (κ2) is 7.82. The number of amides is 1. The molecule has 1 N–H and O–H groups in total. The summed E-state index contributed by atoms with van der Waals surface area (Å²) in [6, 6.07) is 17.2. The smallest absolute Gasteiger partial charge is 0.252 e. The van der Waals surface area contributed by atoms with E-state index in [4.69, 9.17) is 14.7 Å². The highest BCUT2D eigenvalue weighted by Gasteiger charge is 2.27. The van der Waals surface area contributed by atoms with Crippen molar-refractivity contribution in [1.29, 1.82) is 5.26 Å². The van der Waals surface area contributed by atoms with Gasteiger partial charge in [-0.25, -0.2) is 0 Å². The van der Waals surface area contributed by atoms with Gasteiger partial charge in [-0.3, -0.25) is 14.6 Å². The van der Waals surface area contributed by atoms with Crippen LogP contribution < -0.4 is 14.8 Å². The second-order valence-corrected chi connectivity index (χ2v) is 6.28. The van der Waals surface area contributed by atoms with Gasteiger partial charge in [0.25, 0.3) is 5.91 Å². The Morgan fingerprint density at radius 2 is 1.76 bits per heavy atom. The number of nitrogens with one attached hydrogen (secondary N) is 1. The lowest BCUT2D eigenvalue weighted by molar-refractivity contribution is 0.0854. The van der Waals surface area contributed by atoms with E-state index in [1.54, 1.807) is 54.7 Å². The number of rotatable bonds is 5. The number of carbonyl (C=O) groups is 2. The Labute approximate surface area is 166 Å². The van der Waals surface area contributed by atoms with E-state index in [0.29, 0.717) is 33.9 Å². The number of Topliss-reactive ketones (excluding diaryl/α,β-unsaturated/α-hetero) is 1. The van der Waals surface area contributed by atoms with Crippen molar-refractivity contribution in [2.45, 2.75) is 6.04 Å². The number of benzene rings is 2. The molecule has 1 aromatic heterocycles. The van der Waals surface area contributed by atoms with E-state index in [2.05, 4.69) is 10.3 Å². The van der Waals surface area contributed by atoms with Gasteiger partial charge in [-0.2, -0.15) is 5.26 Å². The van der Waals surface area contributed by atoms with Gasteiger partial charge in [0, 0.05) is 17.3 Å². The first-order chi connectivity index (χ1) is 14.2. The van der Waals surface area contributed by atoms with Crippen molar-refractivity contribution in [3.8, 4) is 17.6 Å². The molecule has 2 heterocycles. The number of pyridine rings is 1. The molecule has 29 heavy (non-hydrogen) atoms. The summed E-state index contributed by atoms with van der Waals surface area (Å²) in [7, 11) is 0. The van der Waals surface area contributed by atoms with Crippen molar-refractivity contribution in [3.63, 3.8) is 0 Å². The van der Waals surface area contributed by atoms with Gasteiger partial charge in [-0.1, -0.05) is 6.07 Å². The van der Waals surface area contributed by atoms with Gasteiger partial charge in [0.05, 0.1) is 17.3 Å². The maximum absolute atomic E-state index is 13.2. The fourth-order valence-corrected chi connectivity index (χ4v) is 2.95. The molecular formula is C22H15N3O4. The summed E-state index contributed by atoms with van der Waals surface area (Å²) in [5.41, 5.74) is 1.56. The third-order valence-corrected chi connectivity index (χ3v) is 4.45. The summed E-state index contributed by atoms with van der Waals surface area (Å²) in [5, 5.41) is 11.7. The van der Waals surface area contributed by atoms with Crippen LogP contribution in [0.1, 0.15) is 38.0 Å². The van der Waals surface area contributed by atoms with Crippen molar-refractivity contribution in [1.82, 2.24) is 10.3 Å². The highest BCUT2D eigenvalue weighted by Crippen LogP contribution is 2.33. The van der Waals surface area contributed by atoms with Crippen LogP contribution in [0.15, 0.2) is 66.9 Å². The minimum atomic E-state index is -0.986. The molecular weight excluding hydrogens is 370 g/mol. The quantitative estimate of drug-likeness (QED) is 0.678. The molecule has 1 atom stereocenters. The molecule has 0 spiro atoms. The Hall–Kier alpha value is -4.18. The fraction of sp³-hybridized carbons (Fsp3) is 0.0909. The molecule has 7 nitrogen and oxygen atoms in total. The van der Waals surface area contributed by atoms with Gasteiger partial charge in [-0.05, 0) is 54.6 Å². The summed E-state index contributed by atoms with van der Waals surface area (Å²) in [6.07, 6.45) is 1.56. The largest absolute Gasteiger partial charge is 0.454 e. The molecule has 3 aromatic rings. The van der Waals surface area contributed by atoms with E-state index in [1.165, 1.54) is 12.1 Å². The molecule has 0 radical (unpaired) electrons. The predicted octanol–water partition coefficient (Wildman–Crippen LogP) is 3.04. The molecule has 1 aliphatic rings. The van der Waals surface area contributed by atoms with E-state index in [-0.39, 0.29) is 12.6 Å². The van der Waals surface area contributed by atoms with Crippen LogP contribution >= 0.6 is 0 Å². The number of nitriles is 1. The second-order valence-electron chi connectivity index (χ2n) is 6.28. The van der Waals surface area contributed by atoms with Crippen LogP contribution in [-0.2, 0) is 0 Å². The Morgan fingerprint density at radius 3 is 2.48 bits per heavy atom. The van der Waals surface area contributed by atoms with E-state index in [1.807, 2.05) is 6.07 Å². The van der Waals surface area contributed by atoms with Crippen LogP contribution in [0.2, 0.25) is 0 Å². The van der Waals surface area contributed by atoms with Crippen LogP contribution in [-0.4, -0.2) is 23.5 Å². The number of hydrogen-bond acceptors (Lipinski definition) is 6. The summed E-state index contributed by atoms with van der Waals surface area (Å²) in [6.45, 7) is 0.103. The maximum Gasteiger partial charge on any atom is 0.252 e. The molecule has 2 aromatic carbocycles. The molecule has 0 saturated carbocycles. The third-order valence-electron chi connectivity index (χ3n) is 4.45. The maximum atomic E-state index is 13.2. The van der Waals surface area contributed by atoms with Gasteiger partial charge < -0.3 is 14.8 Å².